The molecule has 0 spiro atoms. The lowest BCUT2D eigenvalue weighted by atomic mass is 9.85. The van der Waals surface area contributed by atoms with Gasteiger partial charge < -0.3 is 29.0 Å². The zero-order chi connectivity index (χ0) is 27.1. The molecule has 2 aliphatic heterocycles. The molecule has 8 heteroatoms. The largest absolute Gasteiger partial charge is 0.497 e. The maximum absolute atomic E-state index is 14.0. The van der Waals surface area contributed by atoms with E-state index in [0.717, 1.165) is 39.0 Å². The molecule has 2 atom stereocenters. The lowest BCUT2D eigenvalue weighted by molar-refractivity contribution is -0.158. The Balaban J connectivity index is 1.40. The van der Waals surface area contributed by atoms with Crippen LogP contribution >= 0.6 is 0 Å². The van der Waals surface area contributed by atoms with Crippen molar-refractivity contribution in [2.75, 3.05) is 34.4 Å². The van der Waals surface area contributed by atoms with Crippen LogP contribution in [0.25, 0.3) is 10.9 Å². The summed E-state index contributed by atoms with van der Waals surface area (Å²) in [5.74, 6) is 1.95. The van der Waals surface area contributed by atoms with Crippen LogP contribution in [-0.2, 0) is 22.4 Å². The van der Waals surface area contributed by atoms with Crippen molar-refractivity contribution in [1.29, 1.82) is 0 Å². The summed E-state index contributed by atoms with van der Waals surface area (Å²) in [5, 5.41) is 1.06. The molecule has 6 rings (SSSR count). The number of nitrogens with zero attached hydrogens (tertiary/aromatic N) is 2. The van der Waals surface area contributed by atoms with Gasteiger partial charge in [0.05, 0.1) is 27.9 Å². The van der Waals surface area contributed by atoms with Gasteiger partial charge in [-0.05, 0) is 53.9 Å². The Morgan fingerprint density at radius 1 is 0.897 bits per heavy atom. The molecule has 0 radical (unpaired) electrons. The molecule has 1 aromatic heterocycles. The number of benzene rings is 3. The molecule has 200 valence electrons. The summed E-state index contributed by atoms with van der Waals surface area (Å²) in [4.78, 5) is 34.9. The van der Waals surface area contributed by atoms with Crippen molar-refractivity contribution in [3.05, 3.63) is 89.1 Å². The second-order valence-corrected chi connectivity index (χ2v) is 9.95. The third-order valence-electron chi connectivity index (χ3n) is 7.90. The van der Waals surface area contributed by atoms with E-state index in [4.69, 9.17) is 14.2 Å². The fraction of sp³-hybridized carbons (Fsp3) is 0.290. The normalized spacial score (nSPS) is 18.6. The third kappa shape index (κ3) is 4.26. The standard InChI is InChI=1S/C31H31N3O5/c1-37-20-10-8-19(9-11-20)14-15-33-18-28(35)34-26(31(33)36)17-23-22-6-4-5-7-25(22)32-29(23)30(34)24-16-21(38-2)12-13-27(24)39-3/h4-13,16,26,30,32H,14-15,17-18H2,1-3H3/t26-,30?/m0/s1. The number of hydrogen-bond donors (Lipinski definition) is 1. The lowest BCUT2D eigenvalue weighted by Gasteiger charge is -2.47. The van der Waals surface area contributed by atoms with E-state index in [0.29, 0.717) is 30.9 Å². The molecular formula is C31H31N3O5. The number of aromatic amines is 1. The first-order valence-corrected chi connectivity index (χ1v) is 13.1. The number of amides is 2. The minimum absolute atomic E-state index is 0.0316. The minimum atomic E-state index is -0.616. The molecule has 1 N–H and O–H groups in total. The van der Waals surface area contributed by atoms with Crippen LogP contribution in [0.3, 0.4) is 0 Å². The van der Waals surface area contributed by atoms with Crippen LogP contribution in [0.15, 0.2) is 66.7 Å². The van der Waals surface area contributed by atoms with E-state index >= 15 is 0 Å². The van der Waals surface area contributed by atoms with Gasteiger partial charge in [0.15, 0.2) is 0 Å². The molecule has 8 nitrogen and oxygen atoms in total. The highest BCUT2D eigenvalue weighted by atomic mass is 16.5. The van der Waals surface area contributed by atoms with Gasteiger partial charge in [0.1, 0.15) is 29.3 Å². The van der Waals surface area contributed by atoms with Crippen LogP contribution in [0.4, 0.5) is 0 Å². The van der Waals surface area contributed by atoms with E-state index in [1.54, 1.807) is 31.1 Å². The van der Waals surface area contributed by atoms with Gasteiger partial charge in [-0.2, -0.15) is 0 Å². The summed E-state index contributed by atoms with van der Waals surface area (Å²) in [6.07, 6.45) is 1.10. The Kier molecular flexibility index (Phi) is 6.38. The first kappa shape index (κ1) is 24.9. The molecule has 2 aliphatic rings. The number of ether oxygens (including phenoxy) is 3. The number of carbonyl (C=O) groups is 2. The molecule has 0 saturated carbocycles. The van der Waals surface area contributed by atoms with Crippen molar-refractivity contribution >= 4 is 22.7 Å². The van der Waals surface area contributed by atoms with Crippen molar-refractivity contribution in [3.8, 4) is 17.2 Å². The monoisotopic (exact) mass is 525 g/mol. The molecule has 3 aromatic carbocycles. The number of H-pyrrole nitrogens is 1. The van der Waals surface area contributed by atoms with Gasteiger partial charge in [0.25, 0.3) is 0 Å². The second kappa shape index (κ2) is 10.0. The number of aromatic nitrogens is 1. The SMILES string of the molecule is COc1ccc(CCN2CC(=O)N3C(c4cc(OC)ccc4OC)c4[nH]c5ccccc5c4C[C@H]3C2=O)cc1. The van der Waals surface area contributed by atoms with Gasteiger partial charge in [-0.15, -0.1) is 0 Å². The summed E-state index contributed by atoms with van der Waals surface area (Å²) >= 11 is 0. The van der Waals surface area contributed by atoms with Crippen molar-refractivity contribution in [1.82, 2.24) is 14.8 Å². The van der Waals surface area contributed by atoms with Crippen LogP contribution in [0.2, 0.25) is 0 Å². The Morgan fingerprint density at radius 2 is 1.64 bits per heavy atom. The Morgan fingerprint density at radius 3 is 2.38 bits per heavy atom. The molecular weight excluding hydrogens is 494 g/mol. The number of fused-ring (bicyclic) bond motifs is 4. The zero-order valence-corrected chi connectivity index (χ0v) is 22.3. The number of hydrogen-bond acceptors (Lipinski definition) is 5. The summed E-state index contributed by atoms with van der Waals surface area (Å²) in [6.45, 7) is 0.499. The second-order valence-electron chi connectivity index (χ2n) is 9.95. The van der Waals surface area contributed by atoms with Gasteiger partial charge >= 0.3 is 0 Å². The number of piperazine rings is 1. The number of para-hydroxylation sites is 1. The Hall–Kier alpha value is -4.46. The summed E-state index contributed by atoms with van der Waals surface area (Å²) in [7, 11) is 4.86. The quantitative estimate of drug-likeness (QED) is 0.393. The van der Waals surface area contributed by atoms with E-state index in [1.807, 2.05) is 60.7 Å². The fourth-order valence-corrected chi connectivity index (χ4v) is 5.95. The molecule has 2 amide bonds. The highest BCUT2D eigenvalue weighted by Gasteiger charge is 2.48. The highest BCUT2D eigenvalue weighted by Crippen LogP contribution is 2.45. The van der Waals surface area contributed by atoms with E-state index in [2.05, 4.69) is 11.1 Å². The topological polar surface area (TPSA) is 84.1 Å². The smallest absolute Gasteiger partial charge is 0.246 e. The van der Waals surface area contributed by atoms with E-state index in [-0.39, 0.29) is 18.4 Å². The predicted molar refractivity (Wildman–Crippen MR) is 147 cm³/mol. The van der Waals surface area contributed by atoms with Crippen LogP contribution in [-0.4, -0.2) is 67.1 Å². The minimum Gasteiger partial charge on any atom is -0.497 e. The zero-order valence-electron chi connectivity index (χ0n) is 22.3. The number of nitrogens with one attached hydrogen (secondary N) is 1. The van der Waals surface area contributed by atoms with Crippen LogP contribution in [0, 0.1) is 0 Å². The summed E-state index contributed by atoms with van der Waals surface area (Å²) in [6, 6.07) is 20.3. The van der Waals surface area contributed by atoms with Crippen LogP contribution in [0.1, 0.15) is 28.4 Å². The number of methoxy groups -OCH3 is 3. The molecule has 0 aliphatic carbocycles. The number of carbonyl (C=O) groups excluding carboxylic acids is 2. The van der Waals surface area contributed by atoms with Gasteiger partial charge in [0.2, 0.25) is 11.8 Å². The van der Waals surface area contributed by atoms with Crippen molar-refractivity contribution < 1.29 is 23.8 Å². The summed E-state index contributed by atoms with van der Waals surface area (Å²) < 4.78 is 16.5. The van der Waals surface area contributed by atoms with Crippen LogP contribution < -0.4 is 14.2 Å². The molecule has 1 fully saturated rings. The third-order valence-corrected chi connectivity index (χ3v) is 7.90. The van der Waals surface area contributed by atoms with Gasteiger partial charge in [-0.3, -0.25) is 9.59 Å². The van der Waals surface area contributed by atoms with Crippen LogP contribution in [0.5, 0.6) is 17.2 Å². The van der Waals surface area contributed by atoms with E-state index in [1.165, 1.54) is 0 Å². The van der Waals surface area contributed by atoms with E-state index < -0.39 is 12.1 Å². The highest BCUT2D eigenvalue weighted by molar-refractivity contribution is 5.97. The average Bonchev–Trinajstić information content (AvgIpc) is 3.35. The number of rotatable bonds is 7. The van der Waals surface area contributed by atoms with Gasteiger partial charge in [-0.1, -0.05) is 30.3 Å². The Bertz CT molecular complexity index is 1540. The average molecular weight is 526 g/mol. The van der Waals surface area contributed by atoms with Crippen molar-refractivity contribution in [2.45, 2.75) is 24.9 Å². The Labute approximate surface area is 227 Å². The molecule has 0 bridgehead atoms. The molecule has 3 heterocycles. The maximum Gasteiger partial charge on any atom is 0.246 e. The predicted octanol–water partition coefficient (Wildman–Crippen LogP) is 4.12. The maximum atomic E-state index is 14.0. The molecule has 4 aromatic rings. The lowest BCUT2D eigenvalue weighted by Crippen LogP contribution is -2.63. The first-order valence-electron chi connectivity index (χ1n) is 13.1. The summed E-state index contributed by atoms with van der Waals surface area (Å²) in [5.41, 5.74) is 4.81. The van der Waals surface area contributed by atoms with Gasteiger partial charge in [-0.25, -0.2) is 0 Å². The molecule has 39 heavy (non-hydrogen) atoms. The van der Waals surface area contributed by atoms with Crippen molar-refractivity contribution in [3.63, 3.8) is 0 Å². The molecule has 1 unspecified atom stereocenters. The van der Waals surface area contributed by atoms with Gasteiger partial charge in [0, 0.05) is 35.1 Å². The first-order chi connectivity index (χ1) is 19.0. The fourth-order valence-electron chi connectivity index (χ4n) is 5.95. The van der Waals surface area contributed by atoms with Crippen molar-refractivity contribution in [2.24, 2.45) is 0 Å². The molecule has 1 saturated heterocycles. The van der Waals surface area contributed by atoms with E-state index in [9.17, 15) is 9.59 Å².